The van der Waals surface area contributed by atoms with Crippen molar-refractivity contribution < 1.29 is 0 Å². The Bertz CT molecular complexity index is 491. The summed E-state index contributed by atoms with van der Waals surface area (Å²) >= 11 is 1.83. The maximum atomic E-state index is 3.59. The van der Waals surface area contributed by atoms with E-state index < -0.39 is 0 Å². The minimum absolute atomic E-state index is 0.392. The van der Waals surface area contributed by atoms with Crippen LogP contribution in [-0.4, -0.2) is 20.6 Å². The molecule has 0 fully saturated rings. The Morgan fingerprint density at radius 2 is 2.05 bits per heavy atom. The first kappa shape index (κ1) is 14.1. The number of likely N-dealkylation sites (N-methyl/N-ethyl adjacent to an activating group) is 1. The molecule has 2 rings (SSSR count). The van der Waals surface area contributed by atoms with Gasteiger partial charge in [0.1, 0.15) is 0 Å². The van der Waals surface area contributed by atoms with Crippen LogP contribution in [0.1, 0.15) is 23.4 Å². The van der Waals surface area contributed by atoms with Crippen molar-refractivity contribution in [3.05, 3.63) is 52.2 Å². The fourth-order valence-electron chi connectivity index (χ4n) is 2.20. The largest absolute Gasteiger partial charge is 0.378 e. The summed E-state index contributed by atoms with van der Waals surface area (Å²) < 4.78 is 0. The van der Waals surface area contributed by atoms with Gasteiger partial charge >= 0.3 is 0 Å². The van der Waals surface area contributed by atoms with Gasteiger partial charge in [-0.3, -0.25) is 0 Å². The van der Waals surface area contributed by atoms with E-state index in [4.69, 9.17) is 0 Å². The third kappa shape index (κ3) is 3.82. The van der Waals surface area contributed by atoms with Gasteiger partial charge in [0, 0.05) is 37.1 Å². The molecule has 1 heterocycles. The summed E-state index contributed by atoms with van der Waals surface area (Å²) in [4.78, 5) is 3.58. The smallest absolute Gasteiger partial charge is 0.0369 e. The average Bonchev–Trinajstić information content (AvgIpc) is 2.91. The number of benzene rings is 1. The van der Waals surface area contributed by atoms with E-state index in [9.17, 15) is 0 Å². The molecule has 2 aromatic rings. The fraction of sp³-hybridized carbons (Fsp3) is 0.375. The van der Waals surface area contributed by atoms with Crippen molar-refractivity contribution in [3.8, 4) is 0 Å². The zero-order valence-electron chi connectivity index (χ0n) is 11.9. The zero-order valence-corrected chi connectivity index (χ0v) is 12.7. The summed E-state index contributed by atoms with van der Waals surface area (Å²) in [5.74, 6) is 0. The van der Waals surface area contributed by atoms with Gasteiger partial charge in [-0.05, 0) is 35.7 Å². The van der Waals surface area contributed by atoms with E-state index in [0.717, 1.165) is 13.0 Å². The maximum Gasteiger partial charge on any atom is 0.0369 e. The Balaban J connectivity index is 2.20. The second-order valence-corrected chi connectivity index (χ2v) is 5.92. The maximum absolute atomic E-state index is 3.59. The lowest BCUT2D eigenvalue weighted by atomic mass is 10.0. The standard InChI is InChI=1S/C16H22N2S/c1-4-17-16(12-15-9-6-10-19-15)13-7-5-8-14(11-13)18(2)3/h5-11,16-17H,4,12H2,1-3H3. The SMILES string of the molecule is CCNC(Cc1cccs1)c1cccc(N(C)C)c1. The topological polar surface area (TPSA) is 15.3 Å². The molecule has 3 heteroatoms. The molecule has 0 saturated heterocycles. The van der Waals surface area contributed by atoms with Crippen LogP contribution >= 0.6 is 11.3 Å². The summed E-state index contributed by atoms with van der Waals surface area (Å²) in [7, 11) is 4.17. The average molecular weight is 274 g/mol. The quantitative estimate of drug-likeness (QED) is 0.864. The normalized spacial score (nSPS) is 12.4. The second-order valence-electron chi connectivity index (χ2n) is 4.88. The van der Waals surface area contributed by atoms with Crippen LogP contribution in [0.5, 0.6) is 0 Å². The van der Waals surface area contributed by atoms with Gasteiger partial charge in [0.25, 0.3) is 0 Å². The van der Waals surface area contributed by atoms with Crippen LogP contribution in [0.4, 0.5) is 5.69 Å². The van der Waals surface area contributed by atoms with Gasteiger partial charge in [-0.2, -0.15) is 0 Å². The van der Waals surface area contributed by atoms with Gasteiger partial charge in [-0.25, -0.2) is 0 Å². The van der Waals surface area contributed by atoms with Crippen LogP contribution < -0.4 is 10.2 Å². The number of nitrogens with zero attached hydrogens (tertiary/aromatic N) is 1. The molecule has 0 aliphatic rings. The third-order valence-electron chi connectivity index (χ3n) is 3.22. The molecule has 0 saturated carbocycles. The highest BCUT2D eigenvalue weighted by molar-refractivity contribution is 7.09. The van der Waals surface area contributed by atoms with Crippen molar-refractivity contribution in [2.24, 2.45) is 0 Å². The number of hydrogen-bond acceptors (Lipinski definition) is 3. The molecule has 1 aromatic carbocycles. The van der Waals surface area contributed by atoms with Crippen molar-refractivity contribution in [3.63, 3.8) is 0 Å². The monoisotopic (exact) mass is 274 g/mol. The Labute approximate surface area is 120 Å². The molecule has 1 unspecified atom stereocenters. The fourth-order valence-corrected chi connectivity index (χ4v) is 2.96. The Morgan fingerprint density at radius 3 is 2.68 bits per heavy atom. The molecule has 1 aromatic heterocycles. The van der Waals surface area contributed by atoms with Gasteiger partial charge in [-0.1, -0.05) is 25.1 Å². The van der Waals surface area contributed by atoms with Crippen LogP contribution in [0, 0.1) is 0 Å². The molecule has 2 nitrogen and oxygen atoms in total. The molecular formula is C16H22N2S. The van der Waals surface area contributed by atoms with Crippen LogP contribution in [0.15, 0.2) is 41.8 Å². The molecular weight excluding hydrogens is 252 g/mol. The molecule has 0 spiro atoms. The van der Waals surface area contributed by atoms with Crippen molar-refractivity contribution in [2.45, 2.75) is 19.4 Å². The Morgan fingerprint density at radius 1 is 1.21 bits per heavy atom. The minimum Gasteiger partial charge on any atom is -0.378 e. The lowest BCUT2D eigenvalue weighted by Crippen LogP contribution is -2.23. The first-order valence-corrected chi connectivity index (χ1v) is 7.61. The van der Waals surface area contributed by atoms with E-state index in [2.05, 4.69) is 73.0 Å². The van der Waals surface area contributed by atoms with Crippen molar-refractivity contribution in [1.82, 2.24) is 5.32 Å². The van der Waals surface area contributed by atoms with E-state index in [-0.39, 0.29) is 0 Å². The van der Waals surface area contributed by atoms with Crippen LogP contribution in [0.25, 0.3) is 0 Å². The summed E-state index contributed by atoms with van der Waals surface area (Å²) in [6.45, 7) is 3.15. The van der Waals surface area contributed by atoms with Crippen molar-refractivity contribution in [1.29, 1.82) is 0 Å². The molecule has 0 radical (unpaired) electrons. The lowest BCUT2D eigenvalue weighted by Gasteiger charge is -2.20. The minimum atomic E-state index is 0.392. The zero-order chi connectivity index (χ0) is 13.7. The van der Waals surface area contributed by atoms with Gasteiger partial charge in [0.15, 0.2) is 0 Å². The lowest BCUT2D eigenvalue weighted by molar-refractivity contribution is 0.553. The molecule has 1 N–H and O–H groups in total. The summed E-state index contributed by atoms with van der Waals surface area (Å²) in [6.07, 6.45) is 1.06. The second kappa shape index (κ2) is 6.73. The third-order valence-corrected chi connectivity index (χ3v) is 4.12. The number of thiophene rings is 1. The highest BCUT2D eigenvalue weighted by atomic mass is 32.1. The van der Waals surface area contributed by atoms with E-state index in [1.54, 1.807) is 0 Å². The summed E-state index contributed by atoms with van der Waals surface area (Å²) in [5.41, 5.74) is 2.62. The predicted octanol–water partition coefficient (Wildman–Crippen LogP) is 3.71. The van der Waals surface area contributed by atoms with Crippen LogP contribution in [0.3, 0.4) is 0 Å². The van der Waals surface area contributed by atoms with Gasteiger partial charge in [-0.15, -0.1) is 11.3 Å². The molecule has 0 aliphatic carbocycles. The molecule has 0 bridgehead atoms. The highest BCUT2D eigenvalue weighted by Crippen LogP contribution is 2.24. The molecule has 102 valence electrons. The van der Waals surface area contributed by atoms with E-state index in [0.29, 0.717) is 6.04 Å². The number of hydrogen-bond donors (Lipinski definition) is 1. The van der Waals surface area contributed by atoms with Crippen LogP contribution in [-0.2, 0) is 6.42 Å². The Kier molecular flexibility index (Phi) is 5.00. The molecule has 0 aliphatic heterocycles. The first-order valence-electron chi connectivity index (χ1n) is 6.73. The molecule has 19 heavy (non-hydrogen) atoms. The van der Waals surface area contributed by atoms with E-state index in [1.165, 1.54) is 16.1 Å². The van der Waals surface area contributed by atoms with Crippen LogP contribution in [0.2, 0.25) is 0 Å². The number of anilines is 1. The van der Waals surface area contributed by atoms with Gasteiger partial charge in [0.05, 0.1) is 0 Å². The molecule has 0 amide bonds. The van der Waals surface area contributed by atoms with Crippen molar-refractivity contribution >= 4 is 17.0 Å². The summed E-state index contributed by atoms with van der Waals surface area (Å²) in [6, 6.07) is 13.5. The predicted molar refractivity (Wildman–Crippen MR) is 85.2 cm³/mol. The number of nitrogens with one attached hydrogen (secondary N) is 1. The van der Waals surface area contributed by atoms with Gasteiger partial charge in [0.2, 0.25) is 0 Å². The number of rotatable bonds is 6. The molecule has 1 atom stereocenters. The van der Waals surface area contributed by atoms with E-state index >= 15 is 0 Å². The van der Waals surface area contributed by atoms with Crippen molar-refractivity contribution in [2.75, 3.05) is 25.5 Å². The van der Waals surface area contributed by atoms with E-state index in [1.807, 2.05) is 11.3 Å². The van der Waals surface area contributed by atoms with Gasteiger partial charge < -0.3 is 10.2 Å². The highest BCUT2D eigenvalue weighted by Gasteiger charge is 2.12. The summed E-state index contributed by atoms with van der Waals surface area (Å²) in [5, 5.41) is 5.74. The Hall–Kier alpha value is -1.32. The first-order chi connectivity index (χ1) is 9.20.